The zero-order valence-corrected chi connectivity index (χ0v) is 14.9. The molecule has 0 bridgehead atoms. The van der Waals surface area contributed by atoms with E-state index in [0.717, 1.165) is 27.4 Å². The number of hydrogen-bond acceptors (Lipinski definition) is 11. The molecule has 2 atom stereocenters. The van der Waals surface area contributed by atoms with Crippen molar-refractivity contribution in [2.45, 2.75) is 12.0 Å². The fourth-order valence-electron chi connectivity index (χ4n) is 2.74. The standard InChI is InChI=1S/C17H16O11/c1-25-9(19)5-7(15(22)26-2)11-10-6(4-8(18)12(20)13(10)21)16(23)28-14(11)17(24)27-3/h4-5,11,14,18,20-21H,1-3H3/b7-5-. The number of carbonyl (C=O) groups is 4. The van der Waals surface area contributed by atoms with Crippen LogP contribution >= 0.6 is 0 Å². The first kappa shape index (κ1) is 20.6. The van der Waals surface area contributed by atoms with Crippen LogP contribution in [-0.2, 0) is 33.3 Å². The quantitative estimate of drug-likeness (QED) is 0.268. The highest BCUT2D eigenvalue weighted by Crippen LogP contribution is 2.49. The molecule has 0 saturated heterocycles. The largest absolute Gasteiger partial charge is 0.504 e. The summed E-state index contributed by atoms with van der Waals surface area (Å²) in [7, 11) is 3.00. The molecule has 11 heteroatoms. The summed E-state index contributed by atoms with van der Waals surface area (Å²) in [5, 5.41) is 29.8. The molecule has 11 nitrogen and oxygen atoms in total. The van der Waals surface area contributed by atoms with Crippen LogP contribution in [0.15, 0.2) is 17.7 Å². The van der Waals surface area contributed by atoms with Crippen molar-refractivity contribution < 1.29 is 53.4 Å². The normalized spacial score (nSPS) is 18.5. The van der Waals surface area contributed by atoms with Gasteiger partial charge in [-0.25, -0.2) is 19.2 Å². The number of hydrogen-bond donors (Lipinski definition) is 3. The fourth-order valence-corrected chi connectivity index (χ4v) is 2.74. The average Bonchev–Trinajstić information content (AvgIpc) is 2.69. The van der Waals surface area contributed by atoms with E-state index in [1.807, 2.05) is 0 Å². The first-order valence-electron chi connectivity index (χ1n) is 7.62. The van der Waals surface area contributed by atoms with Crippen LogP contribution in [0.2, 0.25) is 0 Å². The number of fused-ring (bicyclic) bond motifs is 1. The number of esters is 4. The van der Waals surface area contributed by atoms with Gasteiger partial charge in [-0.15, -0.1) is 0 Å². The number of aromatic hydroxyl groups is 3. The van der Waals surface area contributed by atoms with E-state index in [1.165, 1.54) is 0 Å². The van der Waals surface area contributed by atoms with Crippen molar-refractivity contribution in [1.82, 2.24) is 0 Å². The maximum Gasteiger partial charge on any atom is 0.348 e. The van der Waals surface area contributed by atoms with Gasteiger partial charge in [-0.3, -0.25) is 0 Å². The third kappa shape index (κ3) is 3.41. The molecule has 1 aliphatic heterocycles. The molecule has 2 rings (SSSR count). The molecule has 0 amide bonds. The molecule has 0 spiro atoms. The summed E-state index contributed by atoms with van der Waals surface area (Å²) in [5.74, 6) is -8.84. The fraction of sp³-hybridized carbons (Fsp3) is 0.294. The zero-order chi connectivity index (χ0) is 21.2. The second-order valence-electron chi connectivity index (χ2n) is 5.50. The smallest absolute Gasteiger partial charge is 0.348 e. The number of phenols is 3. The molecule has 0 fully saturated rings. The van der Waals surface area contributed by atoms with Crippen molar-refractivity contribution in [2.75, 3.05) is 21.3 Å². The highest BCUT2D eigenvalue weighted by molar-refractivity contribution is 6.03. The minimum absolute atomic E-state index is 0.442. The molecule has 1 aromatic carbocycles. The van der Waals surface area contributed by atoms with Gasteiger partial charge in [0, 0.05) is 11.6 Å². The Morgan fingerprint density at radius 3 is 2.21 bits per heavy atom. The molecule has 1 aromatic rings. The molecule has 0 saturated carbocycles. The molecular formula is C17H16O11. The molecule has 150 valence electrons. The zero-order valence-electron chi connectivity index (χ0n) is 14.9. The van der Waals surface area contributed by atoms with Crippen LogP contribution in [0.4, 0.5) is 0 Å². The Labute approximate surface area is 157 Å². The number of phenolic OH excluding ortho intramolecular Hbond substituents is 3. The van der Waals surface area contributed by atoms with Gasteiger partial charge in [0.25, 0.3) is 0 Å². The summed E-state index contributed by atoms with van der Waals surface area (Å²) >= 11 is 0. The van der Waals surface area contributed by atoms with Gasteiger partial charge in [0.15, 0.2) is 11.5 Å². The van der Waals surface area contributed by atoms with Crippen molar-refractivity contribution in [3.63, 3.8) is 0 Å². The number of cyclic esters (lactones) is 1. The Balaban J connectivity index is 2.87. The van der Waals surface area contributed by atoms with Crippen LogP contribution in [0, 0.1) is 0 Å². The van der Waals surface area contributed by atoms with Crippen molar-refractivity contribution in [3.8, 4) is 17.2 Å². The second kappa shape index (κ2) is 7.86. The predicted octanol–water partition coefficient (Wildman–Crippen LogP) is -0.129. The van der Waals surface area contributed by atoms with Crippen LogP contribution in [0.25, 0.3) is 0 Å². The molecule has 0 aromatic heterocycles. The van der Waals surface area contributed by atoms with Gasteiger partial charge in [0.2, 0.25) is 11.9 Å². The lowest BCUT2D eigenvalue weighted by Crippen LogP contribution is -2.41. The van der Waals surface area contributed by atoms with E-state index >= 15 is 0 Å². The number of rotatable bonds is 4. The molecule has 2 unspecified atom stereocenters. The number of methoxy groups -OCH3 is 3. The Morgan fingerprint density at radius 2 is 1.68 bits per heavy atom. The predicted molar refractivity (Wildman–Crippen MR) is 87.5 cm³/mol. The van der Waals surface area contributed by atoms with Gasteiger partial charge in [0.1, 0.15) is 0 Å². The first-order valence-corrected chi connectivity index (χ1v) is 7.62. The molecule has 0 aliphatic carbocycles. The van der Waals surface area contributed by atoms with Crippen LogP contribution in [0.1, 0.15) is 21.8 Å². The van der Waals surface area contributed by atoms with Crippen LogP contribution in [0.3, 0.4) is 0 Å². The molecule has 3 N–H and O–H groups in total. The molecule has 1 aliphatic rings. The third-order valence-electron chi connectivity index (χ3n) is 4.03. The van der Waals surface area contributed by atoms with E-state index in [0.29, 0.717) is 6.08 Å². The van der Waals surface area contributed by atoms with E-state index in [1.54, 1.807) is 0 Å². The summed E-state index contributed by atoms with van der Waals surface area (Å²) in [6, 6.07) is 0.778. The van der Waals surface area contributed by atoms with Gasteiger partial charge in [-0.2, -0.15) is 0 Å². The number of ether oxygens (including phenoxy) is 4. The van der Waals surface area contributed by atoms with Crippen molar-refractivity contribution in [3.05, 3.63) is 28.8 Å². The van der Waals surface area contributed by atoms with Gasteiger partial charge in [-0.05, 0) is 6.07 Å². The molecule has 28 heavy (non-hydrogen) atoms. The topological polar surface area (TPSA) is 166 Å². The Bertz CT molecular complexity index is 884. The van der Waals surface area contributed by atoms with E-state index < -0.39 is 69.8 Å². The van der Waals surface area contributed by atoms with Gasteiger partial charge in [-0.1, -0.05) is 0 Å². The minimum atomic E-state index is -1.81. The minimum Gasteiger partial charge on any atom is -0.504 e. The van der Waals surface area contributed by atoms with Gasteiger partial charge < -0.3 is 34.3 Å². The summed E-state index contributed by atoms with van der Waals surface area (Å²) in [4.78, 5) is 48.5. The SMILES string of the molecule is COC(=O)/C=C(\C(=O)OC)C1c2c(cc(O)c(O)c2O)C(=O)OC1C(=O)OC. The molecular weight excluding hydrogens is 380 g/mol. The summed E-state index contributed by atoms with van der Waals surface area (Å²) < 4.78 is 18.6. The molecule has 1 heterocycles. The monoisotopic (exact) mass is 396 g/mol. The maximum atomic E-state index is 12.3. The van der Waals surface area contributed by atoms with Crippen molar-refractivity contribution in [2.24, 2.45) is 0 Å². The van der Waals surface area contributed by atoms with Crippen molar-refractivity contribution >= 4 is 23.9 Å². The van der Waals surface area contributed by atoms with Gasteiger partial charge in [0.05, 0.1) is 38.4 Å². The van der Waals surface area contributed by atoms with Crippen LogP contribution in [-0.4, -0.2) is 66.6 Å². The maximum absolute atomic E-state index is 12.3. The number of carbonyl (C=O) groups excluding carboxylic acids is 4. The van der Waals surface area contributed by atoms with E-state index in [2.05, 4.69) is 14.2 Å². The van der Waals surface area contributed by atoms with E-state index in [4.69, 9.17) is 4.74 Å². The highest BCUT2D eigenvalue weighted by atomic mass is 16.6. The van der Waals surface area contributed by atoms with Crippen LogP contribution in [0.5, 0.6) is 17.2 Å². The number of benzene rings is 1. The summed E-state index contributed by atoms with van der Waals surface area (Å²) in [5.41, 5.74) is -1.42. The Kier molecular flexibility index (Phi) is 5.77. The van der Waals surface area contributed by atoms with E-state index in [9.17, 15) is 34.5 Å². The summed E-state index contributed by atoms with van der Waals surface area (Å²) in [6.07, 6.45) is -1.13. The third-order valence-corrected chi connectivity index (χ3v) is 4.03. The second-order valence-corrected chi connectivity index (χ2v) is 5.50. The Hall–Kier alpha value is -3.76. The van der Waals surface area contributed by atoms with E-state index in [-0.39, 0.29) is 0 Å². The van der Waals surface area contributed by atoms with Crippen LogP contribution < -0.4 is 0 Å². The van der Waals surface area contributed by atoms with Crippen molar-refractivity contribution in [1.29, 1.82) is 0 Å². The first-order chi connectivity index (χ1) is 13.2. The lowest BCUT2D eigenvalue weighted by Gasteiger charge is -2.32. The highest BCUT2D eigenvalue weighted by Gasteiger charge is 2.47. The lowest BCUT2D eigenvalue weighted by atomic mass is 9.80. The Morgan fingerprint density at radius 1 is 1.04 bits per heavy atom. The average molecular weight is 396 g/mol. The molecule has 0 radical (unpaired) electrons. The van der Waals surface area contributed by atoms with Gasteiger partial charge >= 0.3 is 23.9 Å². The lowest BCUT2D eigenvalue weighted by molar-refractivity contribution is -0.152. The summed E-state index contributed by atoms with van der Waals surface area (Å²) in [6.45, 7) is 0.